The number of methoxy groups -OCH3 is 2. The minimum absolute atomic E-state index is 0.0875. The van der Waals surface area contributed by atoms with Gasteiger partial charge < -0.3 is 19.7 Å². The van der Waals surface area contributed by atoms with Crippen LogP contribution in [0.25, 0.3) is 0 Å². The molecule has 7 heteroatoms. The van der Waals surface area contributed by atoms with Crippen LogP contribution in [0, 0.1) is 5.92 Å². The lowest BCUT2D eigenvalue weighted by atomic mass is 9.95. The number of rotatable bonds is 7. The molecule has 1 aliphatic carbocycles. The molecule has 1 N–H and O–H groups in total. The Bertz CT molecular complexity index is 688. The van der Waals surface area contributed by atoms with Crippen LogP contribution in [-0.4, -0.2) is 74.6 Å². The monoisotopic (exact) mass is 403 g/mol. The first-order valence-electron chi connectivity index (χ1n) is 10.6. The van der Waals surface area contributed by atoms with Crippen molar-refractivity contribution in [2.75, 3.05) is 46.9 Å². The van der Waals surface area contributed by atoms with E-state index in [1.54, 1.807) is 26.4 Å². The summed E-state index contributed by atoms with van der Waals surface area (Å²) in [5.41, 5.74) is 0.460. The van der Waals surface area contributed by atoms with Crippen LogP contribution in [0.3, 0.4) is 0 Å². The average Bonchev–Trinajstić information content (AvgIpc) is 3.27. The fraction of sp³-hybridized carbons (Fsp3) is 0.636. The van der Waals surface area contributed by atoms with Crippen LogP contribution in [0.4, 0.5) is 0 Å². The number of hydrogen-bond donors (Lipinski definition) is 1. The number of ether oxygens (including phenoxy) is 2. The number of likely N-dealkylation sites (N-methyl/N-ethyl adjacent to an activating group) is 1. The Hall–Kier alpha value is -2.28. The maximum atomic E-state index is 13.2. The van der Waals surface area contributed by atoms with E-state index in [9.17, 15) is 9.59 Å². The van der Waals surface area contributed by atoms with Gasteiger partial charge >= 0.3 is 0 Å². The van der Waals surface area contributed by atoms with E-state index in [1.807, 2.05) is 17.9 Å². The lowest BCUT2D eigenvalue weighted by molar-refractivity contribution is -0.129. The lowest BCUT2D eigenvalue weighted by Gasteiger charge is -2.40. The molecule has 1 aromatic carbocycles. The molecule has 1 atom stereocenters. The Morgan fingerprint density at radius 2 is 1.66 bits per heavy atom. The van der Waals surface area contributed by atoms with Gasteiger partial charge in [-0.2, -0.15) is 0 Å². The second-order valence-corrected chi connectivity index (χ2v) is 7.75. The molecule has 0 bridgehead atoms. The second-order valence-electron chi connectivity index (χ2n) is 7.75. The van der Waals surface area contributed by atoms with Gasteiger partial charge in [0.2, 0.25) is 5.91 Å². The molecule has 1 aromatic rings. The van der Waals surface area contributed by atoms with E-state index in [-0.39, 0.29) is 17.9 Å². The largest absolute Gasteiger partial charge is 0.496 e. The third-order valence-corrected chi connectivity index (χ3v) is 6.10. The summed E-state index contributed by atoms with van der Waals surface area (Å²) in [5, 5.41) is 3.02. The normalized spacial score (nSPS) is 19.1. The van der Waals surface area contributed by atoms with Gasteiger partial charge in [0.15, 0.2) is 0 Å². The smallest absolute Gasteiger partial charge is 0.261 e. The zero-order chi connectivity index (χ0) is 20.8. The standard InChI is InChI=1S/C22H33N3O4/c1-4-23-21(26)20(16-8-5-6-9-16)24-12-14-25(15-13-24)22(27)19-17(28-2)10-7-11-18(19)29-3/h7,10-11,16,20H,4-6,8-9,12-15H2,1-3H3,(H,23,26)/t20-/m1/s1. The number of nitrogens with zero attached hydrogens (tertiary/aromatic N) is 2. The molecule has 29 heavy (non-hydrogen) atoms. The summed E-state index contributed by atoms with van der Waals surface area (Å²) in [7, 11) is 3.12. The Kier molecular flexibility index (Phi) is 7.36. The maximum absolute atomic E-state index is 13.2. The second kappa shape index (κ2) is 9.96. The molecule has 2 amide bonds. The van der Waals surface area contributed by atoms with E-state index in [0.717, 1.165) is 12.8 Å². The topological polar surface area (TPSA) is 71.1 Å². The van der Waals surface area contributed by atoms with Crippen molar-refractivity contribution >= 4 is 11.8 Å². The highest BCUT2D eigenvalue weighted by Gasteiger charge is 2.37. The van der Waals surface area contributed by atoms with Gasteiger partial charge in [0.25, 0.3) is 5.91 Å². The van der Waals surface area contributed by atoms with E-state index in [4.69, 9.17) is 9.47 Å². The number of benzene rings is 1. The van der Waals surface area contributed by atoms with Gasteiger partial charge in [-0.15, -0.1) is 0 Å². The third-order valence-electron chi connectivity index (χ3n) is 6.10. The Balaban J connectivity index is 1.71. The van der Waals surface area contributed by atoms with E-state index in [2.05, 4.69) is 10.2 Å². The maximum Gasteiger partial charge on any atom is 0.261 e. The van der Waals surface area contributed by atoms with Gasteiger partial charge in [0.1, 0.15) is 17.1 Å². The first-order valence-corrected chi connectivity index (χ1v) is 10.6. The number of carbonyl (C=O) groups excluding carboxylic acids is 2. The highest BCUT2D eigenvalue weighted by atomic mass is 16.5. The highest BCUT2D eigenvalue weighted by molar-refractivity contribution is 5.99. The fourth-order valence-electron chi connectivity index (χ4n) is 4.65. The van der Waals surface area contributed by atoms with Crippen molar-refractivity contribution in [3.05, 3.63) is 23.8 Å². The molecule has 0 aromatic heterocycles. The molecule has 1 saturated heterocycles. The van der Waals surface area contributed by atoms with E-state index in [1.165, 1.54) is 12.8 Å². The summed E-state index contributed by atoms with van der Waals surface area (Å²) in [6, 6.07) is 5.27. The molecule has 2 fully saturated rings. The first-order chi connectivity index (χ1) is 14.1. The SMILES string of the molecule is CCNC(=O)[C@@H](C1CCCC1)N1CCN(C(=O)c2c(OC)cccc2OC)CC1. The quantitative estimate of drug-likeness (QED) is 0.755. The summed E-state index contributed by atoms with van der Waals surface area (Å²) in [6.07, 6.45) is 4.62. The molecule has 3 rings (SSSR count). The molecule has 0 spiro atoms. The van der Waals surface area contributed by atoms with Crippen LogP contribution >= 0.6 is 0 Å². The molecule has 7 nitrogen and oxygen atoms in total. The van der Waals surface area contributed by atoms with Crippen LogP contribution < -0.4 is 14.8 Å². The van der Waals surface area contributed by atoms with Gasteiger partial charge in [-0.25, -0.2) is 0 Å². The summed E-state index contributed by atoms with van der Waals surface area (Å²) in [4.78, 5) is 30.1. The van der Waals surface area contributed by atoms with Crippen molar-refractivity contribution < 1.29 is 19.1 Å². The summed E-state index contributed by atoms with van der Waals surface area (Å²) in [6.45, 7) is 5.17. The molecule has 1 aliphatic heterocycles. The molecule has 160 valence electrons. The molecule has 1 heterocycles. The average molecular weight is 404 g/mol. The molecular formula is C22H33N3O4. The predicted octanol–water partition coefficient (Wildman–Crippen LogP) is 2.16. The zero-order valence-electron chi connectivity index (χ0n) is 17.8. The molecular weight excluding hydrogens is 370 g/mol. The van der Waals surface area contributed by atoms with Crippen LogP contribution in [0.2, 0.25) is 0 Å². The third kappa shape index (κ3) is 4.66. The molecule has 0 unspecified atom stereocenters. The minimum atomic E-state index is -0.0885. The number of carbonyl (C=O) groups is 2. The van der Waals surface area contributed by atoms with Gasteiger partial charge in [0.05, 0.1) is 20.3 Å². The Morgan fingerprint density at radius 3 is 2.17 bits per heavy atom. The van der Waals surface area contributed by atoms with Gasteiger partial charge in [-0.1, -0.05) is 18.9 Å². The molecule has 2 aliphatic rings. The van der Waals surface area contributed by atoms with Crippen molar-refractivity contribution in [1.82, 2.24) is 15.1 Å². The molecule has 1 saturated carbocycles. The van der Waals surface area contributed by atoms with E-state index >= 15 is 0 Å². The summed E-state index contributed by atoms with van der Waals surface area (Å²) in [5.74, 6) is 1.49. The van der Waals surface area contributed by atoms with Crippen molar-refractivity contribution in [3.63, 3.8) is 0 Å². The number of amides is 2. The van der Waals surface area contributed by atoms with E-state index in [0.29, 0.717) is 55.7 Å². The summed E-state index contributed by atoms with van der Waals surface area (Å²) < 4.78 is 10.8. The van der Waals surface area contributed by atoms with E-state index < -0.39 is 0 Å². The van der Waals surface area contributed by atoms with Crippen LogP contribution in [0.15, 0.2) is 18.2 Å². The van der Waals surface area contributed by atoms with Crippen molar-refractivity contribution in [2.24, 2.45) is 5.92 Å². The van der Waals surface area contributed by atoms with Gasteiger partial charge in [-0.3, -0.25) is 14.5 Å². The minimum Gasteiger partial charge on any atom is -0.496 e. The fourth-order valence-corrected chi connectivity index (χ4v) is 4.65. The Labute approximate surface area is 173 Å². The van der Waals surface area contributed by atoms with Crippen LogP contribution in [0.1, 0.15) is 43.0 Å². The Morgan fingerprint density at radius 1 is 1.07 bits per heavy atom. The number of piperazine rings is 1. The zero-order valence-corrected chi connectivity index (χ0v) is 17.8. The lowest BCUT2D eigenvalue weighted by Crippen LogP contribution is -2.58. The van der Waals surface area contributed by atoms with Crippen molar-refractivity contribution in [1.29, 1.82) is 0 Å². The van der Waals surface area contributed by atoms with Crippen molar-refractivity contribution in [3.8, 4) is 11.5 Å². The molecule has 0 radical (unpaired) electrons. The number of hydrogen-bond acceptors (Lipinski definition) is 5. The van der Waals surface area contributed by atoms with Gasteiger partial charge in [-0.05, 0) is 37.8 Å². The predicted molar refractivity (Wildman–Crippen MR) is 111 cm³/mol. The first kappa shape index (κ1) is 21.4. The number of nitrogens with one attached hydrogen (secondary N) is 1. The van der Waals surface area contributed by atoms with Crippen molar-refractivity contribution in [2.45, 2.75) is 38.6 Å². The van der Waals surface area contributed by atoms with Crippen LogP contribution in [0.5, 0.6) is 11.5 Å². The highest BCUT2D eigenvalue weighted by Crippen LogP contribution is 2.32. The van der Waals surface area contributed by atoms with Gasteiger partial charge in [0, 0.05) is 32.7 Å². The summed E-state index contributed by atoms with van der Waals surface area (Å²) >= 11 is 0. The van der Waals surface area contributed by atoms with Crippen LogP contribution in [-0.2, 0) is 4.79 Å².